The zero-order valence-electron chi connectivity index (χ0n) is 23.4. The van der Waals surface area contributed by atoms with Crippen molar-refractivity contribution in [3.63, 3.8) is 0 Å². The van der Waals surface area contributed by atoms with E-state index >= 15 is 0 Å². The van der Waals surface area contributed by atoms with Crippen molar-refractivity contribution < 1.29 is 23.4 Å². The molecule has 3 aromatic rings. The summed E-state index contributed by atoms with van der Waals surface area (Å²) < 4.78 is 34.1. The predicted octanol–water partition coefficient (Wildman–Crippen LogP) is 6.48. The first-order chi connectivity index (χ1) is 19.9. The van der Waals surface area contributed by atoms with Crippen LogP contribution in [0.4, 0.5) is 4.39 Å². The molecule has 0 saturated carbocycles. The van der Waals surface area contributed by atoms with Gasteiger partial charge in [0.25, 0.3) is 0 Å². The van der Waals surface area contributed by atoms with Crippen LogP contribution in [0.1, 0.15) is 76.9 Å². The Hall–Kier alpha value is -3.20. The van der Waals surface area contributed by atoms with Crippen LogP contribution in [-0.2, 0) is 22.6 Å². The molecule has 4 heterocycles. The number of halogens is 2. The van der Waals surface area contributed by atoms with E-state index in [2.05, 4.69) is 17.0 Å². The van der Waals surface area contributed by atoms with Gasteiger partial charge in [-0.3, -0.25) is 4.90 Å². The van der Waals surface area contributed by atoms with Crippen molar-refractivity contribution in [3.8, 4) is 5.75 Å². The third-order valence-electron chi connectivity index (χ3n) is 8.30. The number of para-hydroxylation sites is 1. The quantitative estimate of drug-likeness (QED) is 0.285. The van der Waals surface area contributed by atoms with E-state index in [1.807, 2.05) is 36.6 Å². The molecule has 3 aliphatic heterocycles. The molecule has 7 nitrogen and oxygen atoms in total. The minimum Gasteiger partial charge on any atom is -0.481 e. The van der Waals surface area contributed by atoms with Crippen LogP contribution in [0.3, 0.4) is 0 Å². The Labute approximate surface area is 244 Å². The van der Waals surface area contributed by atoms with Crippen molar-refractivity contribution in [2.45, 2.75) is 64.3 Å². The lowest BCUT2D eigenvalue weighted by Gasteiger charge is -2.34. The first kappa shape index (κ1) is 27.9. The van der Waals surface area contributed by atoms with Crippen LogP contribution >= 0.6 is 11.6 Å². The van der Waals surface area contributed by atoms with Gasteiger partial charge in [-0.15, -0.1) is 0 Å². The van der Waals surface area contributed by atoms with Gasteiger partial charge in [-0.1, -0.05) is 41.9 Å². The normalized spacial score (nSPS) is 20.8. The van der Waals surface area contributed by atoms with Crippen molar-refractivity contribution in [1.29, 1.82) is 0 Å². The highest BCUT2D eigenvalue weighted by Gasteiger charge is 2.31. The summed E-state index contributed by atoms with van der Waals surface area (Å²) in [5.41, 5.74) is 3.87. The summed E-state index contributed by atoms with van der Waals surface area (Å²) in [4.78, 5) is 20.0. The van der Waals surface area contributed by atoms with E-state index in [0.29, 0.717) is 47.6 Å². The molecule has 6 rings (SSSR count). The Balaban J connectivity index is 1.16. The summed E-state index contributed by atoms with van der Waals surface area (Å²) in [5.74, 6) is 1.33. The molecule has 0 radical (unpaired) electrons. The van der Waals surface area contributed by atoms with Gasteiger partial charge in [0.2, 0.25) is 0 Å². The zero-order chi connectivity index (χ0) is 28.5. The van der Waals surface area contributed by atoms with E-state index in [9.17, 15) is 9.18 Å². The fourth-order valence-corrected chi connectivity index (χ4v) is 6.22. The number of likely N-dealkylation sites (tertiary alicyclic amines) is 1. The van der Waals surface area contributed by atoms with E-state index in [1.165, 1.54) is 6.07 Å². The Bertz CT molecular complexity index is 1460. The molecular formula is C32H35ClFN3O4. The van der Waals surface area contributed by atoms with Crippen molar-refractivity contribution in [3.05, 3.63) is 87.2 Å². The Morgan fingerprint density at radius 2 is 1.98 bits per heavy atom. The molecule has 41 heavy (non-hydrogen) atoms. The number of aromatic nitrogens is 2. The molecule has 0 spiro atoms. The molecule has 2 unspecified atom stereocenters. The van der Waals surface area contributed by atoms with E-state index in [-0.39, 0.29) is 17.9 Å². The maximum absolute atomic E-state index is 14.7. The number of carbonyl (C=O) groups excluding carboxylic acids is 1. The number of esters is 1. The summed E-state index contributed by atoms with van der Waals surface area (Å²) in [6, 6.07) is 10.9. The van der Waals surface area contributed by atoms with E-state index < -0.39 is 6.10 Å². The standard InChI is InChI=1S/C32H35ClFN3O4/c1-3-39-32(38)30-20(2)35-29(37(30)18-24-13-16-40-24)19-36-14-11-21(12-15-36)25-6-4-5-22-7-10-28(41-31(22)25)26-9-8-23(33)17-27(26)34/h4-10,17,21,24,28H,3,11-16,18-19H2,1-2H3. The second kappa shape index (κ2) is 12.0. The molecule has 2 aromatic carbocycles. The summed E-state index contributed by atoms with van der Waals surface area (Å²) in [6.07, 6.45) is 6.41. The van der Waals surface area contributed by atoms with Crippen LogP contribution in [0.2, 0.25) is 5.02 Å². The predicted molar refractivity (Wildman–Crippen MR) is 155 cm³/mol. The Morgan fingerprint density at radius 1 is 1.17 bits per heavy atom. The second-order valence-corrected chi connectivity index (χ2v) is 11.4. The number of carbonyl (C=O) groups is 1. The smallest absolute Gasteiger partial charge is 0.356 e. The third kappa shape index (κ3) is 5.78. The minimum atomic E-state index is -0.503. The van der Waals surface area contributed by atoms with Gasteiger partial charge in [-0.2, -0.15) is 0 Å². The average molecular weight is 580 g/mol. The SMILES string of the molecule is CCOC(=O)c1c(C)nc(CN2CCC(c3cccc4c3OC(c3ccc(Cl)cc3F)C=C4)CC2)n1CC1CCO1. The van der Waals surface area contributed by atoms with Gasteiger partial charge < -0.3 is 18.8 Å². The maximum atomic E-state index is 14.7. The van der Waals surface area contributed by atoms with Crippen LogP contribution in [0.15, 0.2) is 42.5 Å². The number of hydrogen-bond donors (Lipinski definition) is 0. The van der Waals surface area contributed by atoms with Crippen LogP contribution in [0.25, 0.3) is 6.08 Å². The van der Waals surface area contributed by atoms with Crippen LogP contribution in [0, 0.1) is 12.7 Å². The number of piperidine rings is 1. The van der Waals surface area contributed by atoms with Gasteiger partial charge in [0.1, 0.15) is 23.5 Å². The molecule has 9 heteroatoms. The molecule has 1 aromatic heterocycles. The summed E-state index contributed by atoms with van der Waals surface area (Å²) in [5, 5.41) is 0.366. The van der Waals surface area contributed by atoms with Crippen molar-refractivity contribution in [2.24, 2.45) is 0 Å². The lowest BCUT2D eigenvalue weighted by Crippen LogP contribution is -2.36. The number of nitrogens with zero attached hydrogens (tertiary/aromatic N) is 3. The molecule has 216 valence electrons. The maximum Gasteiger partial charge on any atom is 0.356 e. The van der Waals surface area contributed by atoms with Crippen molar-refractivity contribution in [1.82, 2.24) is 14.5 Å². The number of imidazole rings is 1. The fourth-order valence-electron chi connectivity index (χ4n) is 6.06. The Kier molecular flexibility index (Phi) is 8.15. The van der Waals surface area contributed by atoms with Gasteiger partial charge in [0.05, 0.1) is 31.5 Å². The van der Waals surface area contributed by atoms with Gasteiger partial charge in [0, 0.05) is 22.8 Å². The fraction of sp³-hybridized carbons (Fsp3) is 0.438. The first-order valence-electron chi connectivity index (χ1n) is 14.4. The number of rotatable bonds is 8. The molecule has 3 aliphatic rings. The molecule has 0 bridgehead atoms. The number of benzene rings is 2. The Morgan fingerprint density at radius 3 is 2.68 bits per heavy atom. The molecule has 0 aliphatic carbocycles. The van der Waals surface area contributed by atoms with Gasteiger partial charge in [0.15, 0.2) is 5.69 Å². The first-order valence-corrected chi connectivity index (χ1v) is 14.8. The van der Waals surface area contributed by atoms with Crippen LogP contribution in [0.5, 0.6) is 5.75 Å². The topological polar surface area (TPSA) is 65.8 Å². The number of aryl methyl sites for hydroxylation is 1. The molecule has 2 fully saturated rings. The van der Waals surface area contributed by atoms with Crippen LogP contribution in [-0.4, -0.2) is 52.8 Å². The largest absolute Gasteiger partial charge is 0.481 e. The van der Waals surface area contributed by atoms with Gasteiger partial charge in [-0.25, -0.2) is 14.2 Å². The number of fused-ring (bicyclic) bond motifs is 1. The second-order valence-electron chi connectivity index (χ2n) is 11.0. The van der Waals surface area contributed by atoms with Crippen molar-refractivity contribution >= 4 is 23.6 Å². The molecule has 0 N–H and O–H groups in total. The zero-order valence-corrected chi connectivity index (χ0v) is 24.2. The molecule has 0 amide bonds. The summed E-state index contributed by atoms with van der Waals surface area (Å²) >= 11 is 5.97. The third-order valence-corrected chi connectivity index (χ3v) is 8.54. The molecular weight excluding hydrogens is 545 g/mol. The highest BCUT2D eigenvalue weighted by molar-refractivity contribution is 6.30. The van der Waals surface area contributed by atoms with E-state index in [0.717, 1.165) is 61.7 Å². The lowest BCUT2D eigenvalue weighted by molar-refractivity contribution is -0.0601. The van der Waals surface area contributed by atoms with Gasteiger partial charge >= 0.3 is 5.97 Å². The van der Waals surface area contributed by atoms with E-state index in [1.54, 1.807) is 12.1 Å². The molecule has 2 atom stereocenters. The summed E-state index contributed by atoms with van der Waals surface area (Å²) in [6.45, 7) is 7.81. The van der Waals surface area contributed by atoms with Gasteiger partial charge in [-0.05, 0) is 75.9 Å². The van der Waals surface area contributed by atoms with Crippen LogP contribution < -0.4 is 4.74 Å². The highest BCUT2D eigenvalue weighted by Crippen LogP contribution is 2.42. The van der Waals surface area contributed by atoms with Crippen molar-refractivity contribution in [2.75, 3.05) is 26.3 Å². The number of ether oxygens (including phenoxy) is 3. The average Bonchev–Trinajstić information content (AvgIpc) is 3.24. The number of hydrogen-bond acceptors (Lipinski definition) is 6. The monoisotopic (exact) mass is 579 g/mol. The lowest BCUT2D eigenvalue weighted by atomic mass is 9.87. The highest BCUT2D eigenvalue weighted by atomic mass is 35.5. The minimum absolute atomic E-state index is 0.102. The summed E-state index contributed by atoms with van der Waals surface area (Å²) in [7, 11) is 0. The molecule has 2 saturated heterocycles. The van der Waals surface area contributed by atoms with E-state index in [4.69, 9.17) is 30.8 Å².